The smallest absolute Gasteiger partial charge is 0.328 e. The molecule has 3 atom stereocenters. The minimum Gasteiger partial charge on any atom is -0.497 e. The molecule has 0 radical (unpaired) electrons. The van der Waals surface area contributed by atoms with Gasteiger partial charge in [0.05, 0.1) is 30.3 Å². The molecule has 3 aromatic rings. The molecule has 1 saturated carbocycles. The zero-order chi connectivity index (χ0) is 24.7. The normalized spacial score (nSPS) is 24.8. The fourth-order valence-corrected chi connectivity index (χ4v) is 6.13. The Kier molecular flexibility index (Phi) is 6.19. The van der Waals surface area contributed by atoms with Crippen molar-refractivity contribution in [3.63, 3.8) is 0 Å². The highest BCUT2D eigenvalue weighted by Gasteiger charge is 2.49. The van der Waals surface area contributed by atoms with E-state index in [1.165, 1.54) is 0 Å². The Labute approximate surface area is 205 Å². The number of carbonyl (C=O) groups excluding carboxylic acids is 1. The Morgan fingerprint density at radius 3 is 2.57 bits per heavy atom. The first-order valence-corrected chi connectivity index (χ1v) is 12.4. The third-order valence-corrected chi connectivity index (χ3v) is 8.03. The van der Waals surface area contributed by atoms with Gasteiger partial charge in [0.1, 0.15) is 5.75 Å². The van der Waals surface area contributed by atoms with Gasteiger partial charge in [0.2, 0.25) is 5.91 Å². The van der Waals surface area contributed by atoms with E-state index >= 15 is 0 Å². The van der Waals surface area contributed by atoms with Gasteiger partial charge in [0.15, 0.2) is 0 Å². The average molecular weight is 479 g/mol. The Morgan fingerprint density at radius 2 is 1.83 bits per heavy atom. The Balaban J connectivity index is 1.39. The number of aliphatic hydroxyl groups is 1. The maximum atomic E-state index is 13.2. The van der Waals surface area contributed by atoms with Gasteiger partial charge in [0, 0.05) is 38.3 Å². The van der Waals surface area contributed by atoms with Crippen molar-refractivity contribution < 1.29 is 14.6 Å². The molecule has 1 saturated heterocycles. The highest BCUT2D eigenvalue weighted by Crippen LogP contribution is 2.49. The van der Waals surface area contributed by atoms with Gasteiger partial charge in [-0.1, -0.05) is 25.0 Å². The van der Waals surface area contributed by atoms with E-state index in [1.54, 1.807) is 30.3 Å². The summed E-state index contributed by atoms with van der Waals surface area (Å²) in [6.45, 7) is 0.887. The topological polar surface area (TPSA) is 88.7 Å². The Morgan fingerprint density at radius 1 is 1.09 bits per heavy atom. The molecule has 0 spiro atoms. The predicted octanol–water partition coefficient (Wildman–Crippen LogP) is 3.19. The van der Waals surface area contributed by atoms with Crippen molar-refractivity contribution in [1.82, 2.24) is 14.0 Å². The molecule has 8 heteroatoms. The van der Waals surface area contributed by atoms with E-state index in [0.29, 0.717) is 18.7 Å². The summed E-state index contributed by atoms with van der Waals surface area (Å²) in [5.41, 5.74) is 2.58. The number of methoxy groups -OCH3 is 1. The Hall–Kier alpha value is -3.10. The number of likely N-dealkylation sites (tertiary alicyclic amines) is 1. The number of nitrogens with one attached hydrogen (secondary N) is 1. The van der Waals surface area contributed by atoms with Gasteiger partial charge >= 0.3 is 5.69 Å². The highest BCUT2D eigenvalue weighted by atomic mass is 16.5. The first kappa shape index (κ1) is 23.6. The number of aromatic nitrogens is 2. The summed E-state index contributed by atoms with van der Waals surface area (Å²) in [5, 5.41) is 14.5. The van der Waals surface area contributed by atoms with Crippen LogP contribution >= 0.6 is 0 Å². The van der Waals surface area contributed by atoms with Crippen LogP contribution in [0.15, 0.2) is 47.3 Å². The maximum absolute atomic E-state index is 13.2. The van der Waals surface area contributed by atoms with Gasteiger partial charge in [-0.05, 0) is 55.2 Å². The third kappa shape index (κ3) is 4.25. The van der Waals surface area contributed by atoms with Gasteiger partial charge in [-0.3, -0.25) is 18.8 Å². The summed E-state index contributed by atoms with van der Waals surface area (Å²) in [7, 11) is 5.12. The van der Waals surface area contributed by atoms with Crippen LogP contribution in [0, 0.1) is 5.92 Å². The number of fused-ring (bicyclic) bond motifs is 2. The minimum atomic E-state index is -0.682. The van der Waals surface area contributed by atoms with Crippen LogP contribution in [0.2, 0.25) is 0 Å². The molecule has 1 aliphatic carbocycles. The second kappa shape index (κ2) is 9.17. The summed E-state index contributed by atoms with van der Waals surface area (Å²) in [4.78, 5) is 27.6. The molecule has 2 fully saturated rings. The van der Waals surface area contributed by atoms with Crippen molar-refractivity contribution in [2.24, 2.45) is 20.0 Å². The fourth-order valence-electron chi connectivity index (χ4n) is 6.13. The number of anilines is 1. The quantitative estimate of drug-likeness (QED) is 0.588. The van der Waals surface area contributed by atoms with Gasteiger partial charge in [-0.25, -0.2) is 4.79 Å². The molecular weight excluding hydrogens is 444 g/mol. The molecule has 0 bridgehead atoms. The van der Waals surface area contributed by atoms with Crippen molar-refractivity contribution in [3.8, 4) is 5.75 Å². The molecule has 0 unspecified atom stereocenters. The number of benzene rings is 2. The first-order valence-electron chi connectivity index (χ1n) is 12.4. The molecule has 2 aromatic carbocycles. The van der Waals surface area contributed by atoms with Crippen LogP contribution in [0.3, 0.4) is 0 Å². The lowest BCUT2D eigenvalue weighted by molar-refractivity contribution is -0.135. The lowest BCUT2D eigenvalue weighted by Gasteiger charge is -2.52. The number of rotatable bonds is 5. The van der Waals surface area contributed by atoms with Crippen LogP contribution in [-0.2, 0) is 18.9 Å². The fraction of sp³-hybridized carbons (Fsp3) is 0.481. The molecule has 1 amide bonds. The summed E-state index contributed by atoms with van der Waals surface area (Å²) in [5.74, 6) is 0.768. The van der Waals surface area contributed by atoms with Crippen LogP contribution in [0.5, 0.6) is 5.75 Å². The second-order valence-corrected chi connectivity index (χ2v) is 10.0. The summed E-state index contributed by atoms with van der Waals surface area (Å²) in [6, 6.07) is 13.5. The van der Waals surface area contributed by atoms with Crippen LogP contribution in [0.25, 0.3) is 11.0 Å². The number of nitrogens with zero attached hydrogens (tertiary/aromatic N) is 3. The highest BCUT2D eigenvalue weighted by molar-refractivity contribution is 5.94. The van der Waals surface area contributed by atoms with Crippen LogP contribution in [0.4, 0.5) is 5.69 Å². The number of aryl methyl sites for hydroxylation is 2. The molecule has 8 nitrogen and oxygen atoms in total. The van der Waals surface area contributed by atoms with Crippen molar-refractivity contribution in [2.45, 2.75) is 43.7 Å². The van der Waals surface area contributed by atoms with E-state index in [1.807, 2.05) is 30.3 Å². The summed E-state index contributed by atoms with van der Waals surface area (Å²) < 4.78 is 8.52. The number of carbonyl (C=O) groups is 1. The summed E-state index contributed by atoms with van der Waals surface area (Å²) >= 11 is 0. The summed E-state index contributed by atoms with van der Waals surface area (Å²) in [6.07, 6.45) is 4.59. The van der Waals surface area contributed by atoms with Crippen molar-refractivity contribution >= 4 is 22.6 Å². The van der Waals surface area contributed by atoms with Gasteiger partial charge in [-0.2, -0.15) is 0 Å². The molecular formula is C27H34N4O4. The molecule has 2 heterocycles. The lowest BCUT2D eigenvalue weighted by atomic mass is 9.66. The molecule has 35 heavy (non-hydrogen) atoms. The maximum Gasteiger partial charge on any atom is 0.328 e. The number of hydrogen-bond donors (Lipinski definition) is 2. The van der Waals surface area contributed by atoms with E-state index in [2.05, 4.69) is 22.3 Å². The van der Waals surface area contributed by atoms with E-state index in [4.69, 9.17) is 4.74 Å². The Bertz CT molecular complexity index is 1290. The monoisotopic (exact) mass is 478 g/mol. The number of imidazole rings is 1. The van der Waals surface area contributed by atoms with E-state index in [9.17, 15) is 14.7 Å². The lowest BCUT2D eigenvalue weighted by Crippen LogP contribution is -2.56. The number of ether oxygens (including phenoxy) is 1. The van der Waals surface area contributed by atoms with Gasteiger partial charge in [0.25, 0.3) is 0 Å². The largest absolute Gasteiger partial charge is 0.497 e. The number of hydrogen-bond acceptors (Lipinski definition) is 5. The molecule has 186 valence electrons. The second-order valence-electron chi connectivity index (χ2n) is 10.0. The van der Waals surface area contributed by atoms with E-state index < -0.39 is 5.60 Å². The first-order chi connectivity index (χ1) is 16.8. The molecule has 1 aliphatic heterocycles. The van der Waals surface area contributed by atoms with Crippen LogP contribution < -0.4 is 15.7 Å². The minimum absolute atomic E-state index is 0.0388. The SMILES string of the molecule is COc1ccc([C@@H]2[C@H]3CCCC[C@@]3(O)CCN2CC(=O)Nc2ccc3c(c2)n(C)c(=O)n3C)cc1. The number of piperidine rings is 1. The molecule has 1 aromatic heterocycles. The van der Waals surface area contributed by atoms with E-state index in [-0.39, 0.29) is 30.1 Å². The zero-order valence-electron chi connectivity index (χ0n) is 20.7. The predicted molar refractivity (Wildman–Crippen MR) is 136 cm³/mol. The standard InChI is InChI=1S/C27H34N4O4/c1-29-22-12-9-19(16-23(22)30(2)26(29)33)28-24(32)17-31-15-14-27(34)13-5-4-6-21(27)25(31)18-7-10-20(35-3)11-8-18/h7-12,16,21,25,34H,4-6,13-15,17H2,1-3H3,(H,28,32)/t21-,25-,27-/m1/s1. The molecule has 2 N–H and O–H groups in total. The van der Waals surface area contributed by atoms with Crippen molar-refractivity contribution in [1.29, 1.82) is 0 Å². The van der Waals surface area contributed by atoms with Crippen molar-refractivity contribution in [2.75, 3.05) is 25.5 Å². The van der Waals surface area contributed by atoms with Crippen LogP contribution in [-0.4, -0.2) is 50.8 Å². The zero-order valence-corrected chi connectivity index (χ0v) is 20.7. The molecule has 5 rings (SSSR count). The van der Waals surface area contributed by atoms with Crippen molar-refractivity contribution in [3.05, 3.63) is 58.5 Å². The number of amides is 1. The average Bonchev–Trinajstić information content (AvgIpc) is 3.07. The third-order valence-electron chi connectivity index (χ3n) is 8.03. The van der Waals surface area contributed by atoms with Gasteiger partial charge < -0.3 is 15.2 Å². The van der Waals surface area contributed by atoms with E-state index in [0.717, 1.165) is 48.0 Å². The molecule has 2 aliphatic rings. The van der Waals surface area contributed by atoms with Crippen LogP contribution in [0.1, 0.15) is 43.7 Å². The van der Waals surface area contributed by atoms with Gasteiger partial charge in [-0.15, -0.1) is 0 Å².